The third kappa shape index (κ3) is 3.66. The molecule has 0 aromatic rings. The van der Waals surface area contributed by atoms with Gasteiger partial charge in [0.2, 0.25) is 0 Å². The first kappa shape index (κ1) is 13.4. The summed E-state index contributed by atoms with van der Waals surface area (Å²) in [7, 11) is 0. The number of amides is 2. The minimum atomic E-state index is -0.837. The van der Waals surface area contributed by atoms with E-state index in [-0.39, 0.29) is 18.6 Å². The molecule has 5 heteroatoms. The molecule has 1 fully saturated rings. The van der Waals surface area contributed by atoms with Crippen LogP contribution in [-0.2, 0) is 4.79 Å². The second kappa shape index (κ2) is 6.14. The van der Waals surface area contributed by atoms with Gasteiger partial charge in [0.05, 0.1) is 5.92 Å². The minimum Gasteiger partial charge on any atom is -0.481 e. The van der Waals surface area contributed by atoms with Crippen molar-refractivity contribution in [2.45, 2.75) is 32.2 Å². The molecule has 0 radical (unpaired) electrons. The average Bonchev–Trinajstić information content (AvgIpc) is 2.77. The van der Waals surface area contributed by atoms with E-state index in [1.165, 1.54) is 4.90 Å². The lowest BCUT2D eigenvalue weighted by molar-refractivity contribution is -0.141. The maximum atomic E-state index is 11.8. The molecule has 0 spiro atoms. The lowest BCUT2D eigenvalue weighted by Gasteiger charge is -2.21. The van der Waals surface area contributed by atoms with Gasteiger partial charge in [-0.25, -0.2) is 4.79 Å². The molecule has 2 unspecified atom stereocenters. The summed E-state index contributed by atoms with van der Waals surface area (Å²) in [6, 6.07) is -0.243. The van der Waals surface area contributed by atoms with Crippen molar-refractivity contribution >= 4 is 12.0 Å². The van der Waals surface area contributed by atoms with Crippen molar-refractivity contribution in [3.8, 4) is 12.3 Å². The Morgan fingerprint density at radius 2 is 2.35 bits per heavy atom. The lowest BCUT2D eigenvalue weighted by Crippen LogP contribution is -2.43. The highest BCUT2D eigenvalue weighted by Gasteiger charge is 2.31. The first-order valence-corrected chi connectivity index (χ1v) is 5.80. The summed E-state index contributed by atoms with van der Waals surface area (Å²) in [5, 5.41) is 11.7. The van der Waals surface area contributed by atoms with E-state index in [0.717, 1.165) is 6.42 Å². The minimum absolute atomic E-state index is 0.0311. The van der Waals surface area contributed by atoms with E-state index in [9.17, 15) is 9.59 Å². The number of rotatable bonds is 4. The van der Waals surface area contributed by atoms with Gasteiger partial charge in [0.25, 0.3) is 0 Å². The van der Waals surface area contributed by atoms with Gasteiger partial charge in [0, 0.05) is 25.6 Å². The van der Waals surface area contributed by atoms with Crippen LogP contribution >= 0.6 is 0 Å². The third-order valence-electron chi connectivity index (χ3n) is 3.01. The van der Waals surface area contributed by atoms with Crippen LogP contribution in [0.4, 0.5) is 4.79 Å². The Morgan fingerprint density at radius 3 is 2.82 bits per heavy atom. The highest BCUT2D eigenvalue weighted by molar-refractivity contribution is 5.77. The second-order valence-electron chi connectivity index (χ2n) is 4.23. The predicted octanol–water partition coefficient (Wildman–Crippen LogP) is 0.904. The first-order chi connectivity index (χ1) is 8.08. The van der Waals surface area contributed by atoms with Crippen molar-refractivity contribution in [2.24, 2.45) is 5.92 Å². The topological polar surface area (TPSA) is 69.6 Å². The van der Waals surface area contributed by atoms with Crippen LogP contribution in [0.2, 0.25) is 0 Å². The SMILES string of the molecule is C#CCC(CC)NC(=O)N1CCC(C(=O)O)C1. The van der Waals surface area contributed by atoms with Crippen molar-refractivity contribution in [2.75, 3.05) is 13.1 Å². The van der Waals surface area contributed by atoms with Gasteiger partial charge in [-0.1, -0.05) is 6.92 Å². The van der Waals surface area contributed by atoms with Crippen LogP contribution in [0.1, 0.15) is 26.2 Å². The van der Waals surface area contributed by atoms with Crippen LogP contribution in [0.3, 0.4) is 0 Å². The van der Waals surface area contributed by atoms with E-state index in [2.05, 4.69) is 11.2 Å². The van der Waals surface area contributed by atoms with E-state index in [0.29, 0.717) is 19.4 Å². The Labute approximate surface area is 101 Å². The summed E-state index contributed by atoms with van der Waals surface area (Å²) >= 11 is 0. The van der Waals surface area contributed by atoms with Gasteiger partial charge in [-0.2, -0.15) is 0 Å². The number of carbonyl (C=O) groups excluding carboxylic acids is 1. The maximum Gasteiger partial charge on any atom is 0.317 e. The summed E-state index contributed by atoms with van der Waals surface area (Å²) in [5.41, 5.74) is 0. The van der Waals surface area contributed by atoms with Crippen LogP contribution < -0.4 is 5.32 Å². The number of nitrogens with zero attached hydrogens (tertiary/aromatic N) is 1. The molecule has 1 aliphatic rings. The number of terminal acetylenes is 1. The predicted molar refractivity (Wildman–Crippen MR) is 63.4 cm³/mol. The largest absolute Gasteiger partial charge is 0.481 e. The van der Waals surface area contributed by atoms with Gasteiger partial charge in [0.15, 0.2) is 0 Å². The number of nitrogens with one attached hydrogen (secondary N) is 1. The van der Waals surface area contributed by atoms with Crippen molar-refractivity contribution in [1.29, 1.82) is 0 Å². The second-order valence-corrected chi connectivity index (χ2v) is 4.23. The number of hydrogen-bond acceptors (Lipinski definition) is 2. The molecule has 5 nitrogen and oxygen atoms in total. The Hall–Kier alpha value is -1.70. The molecular weight excluding hydrogens is 220 g/mol. The smallest absolute Gasteiger partial charge is 0.317 e. The molecule has 2 amide bonds. The molecule has 1 aliphatic heterocycles. The number of carboxylic acid groups (broad SMARTS) is 1. The van der Waals surface area contributed by atoms with E-state index >= 15 is 0 Å². The van der Waals surface area contributed by atoms with Gasteiger partial charge in [-0.05, 0) is 12.8 Å². The Morgan fingerprint density at radius 1 is 1.65 bits per heavy atom. The molecule has 1 heterocycles. The molecule has 2 N–H and O–H groups in total. The van der Waals surface area contributed by atoms with Gasteiger partial charge < -0.3 is 15.3 Å². The monoisotopic (exact) mass is 238 g/mol. The van der Waals surface area contributed by atoms with Crippen LogP contribution in [0.15, 0.2) is 0 Å². The molecule has 0 aromatic carbocycles. The molecule has 2 atom stereocenters. The molecule has 0 aliphatic carbocycles. The highest BCUT2D eigenvalue weighted by Crippen LogP contribution is 2.16. The zero-order chi connectivity index (χ0) is 12.8. The van der Waals surface area contributed by atoms with Gasteiger partial charge >= 0.3 is 12.0 Å². The van der Waals surface area contributed by atoms with Crippen LogP contribution in [0.5, 0.6) is 0 Å². The summed E-state index contributed by atoms with van der Waals surface area (Å²) in [5.74, 6) is 1.24. The van der Waals surface area contributed by atoms with Gasteiger partial charge in [-0.15, -0.1) is 12.3 Å². The third-order valence-corrected chi connectivity index (χ3v) is 3.01. The number of urea groups is 1. The van der Waals surface area contributed by atoms with Crippen LogP contribution in [0, 0.1) is 18.3 Å². The van der Waals surface area contributed by atoms with E-state index in [1.54, 1.807) is 0 Å². The number of likely N-dealkylation sites (tertiary alicyclic amines) is 1. The fraction of sp³-hybridized carbons (Fsp3) is 0.667. The van der Waals surface area contributed by atoms with Gasteiger partial charge in [0.1, 0.15) is 0 Å². The highest BCUT2D eigenvalue weighted by atomic mass is 16.4. The van der Waals surface area contributed by atoms with E-state index in [1.807, 2.05) is 6.92 Å². The molecule has 1 saturated heterocycles. The van der Waals surface area contributed by atoms with E-state index < -0.39 is 11.9 Å². The number of hydrogen-bond donors (Lipinski definition) is 2. The molecular formula is C12H18N2O3. The molecule has 0 saturated carbocycles. The van der Waals surface area contributed by atoms with Crippen molar-refractivity contribution in [3.05, 3.63) is 0 Å². The van der Waals surface area contributed by atoms with E-state index in [4.69, 9.17) is 11.5 Å². The Balaban J connectivity index is 2.44. The summed E-state index contributed by atoms with van der Waals surface area (Å²) in [4.78, 5) is 24.1. The normalized spacial score (nSPS) is 20.7. The molecule has 17 heavy (non-hydrogen) atoms. The number of carbonyl (C=O) groups is 2. The fourth-order valence-electron chi connectivity index (χ4n) is 1.85. The lowest BCUT2D eigenvalue weighted by atomic mass is 10.1. The van der Waals surface area contributed by atoms with Crippen molar-refractivity contribution in [1.82, 2.24) is 10.2 Å². The zero-order valence-electron chi connectivity index (χ0n) is 9.98. The fourth-order valence-corrected chi connectivity index (χ4v) is 1.85. The van der Waals surface area contributed by atoms with Crippen LogP contribution in [-0.4, -0.2) is 41.1 Å². The summed E-state index contributed by atoms with van der Waals surface area (Å²) < 4.78 is 0. The van der Waals surface area contributed by atoms with Crippen LogP contribution in [0.25, 0.3) is 0 Å². The zero-order valence-corrected chi connectivity index (χ0v) is 9.98. The summed E-state index contributed by atoms with van der Waals surface area (Å²) in [6.45, 7) is 2.73. The Bertz CT molecular complexity index is 335. The number of carboxylic acids is 1. The standard InChI is InChI=1S/C12H18N2O3/c1-3-5-10(4-2)13-12(17)14-7-6-9(8-14)11(15)16/h1,9-10H,4-8H2,2H3,(H,13,17)(H,15,16). The van der Waals surface area contributed by atoms with Crippen molar-refractivity contribution in [3.63, 3.8) is 0 Å². The quantitative estimate of drug-likeness (QED) is 0.715. The molecule has 1 rings (SSSR count). The number of aliphatic carboxylic acids is 1. The average molecular weight is 238 g/mol. The van der Waals surface area contributed by atoms with Gasteiger partial charge in [-0.3, -0.25) is 4.79 Å². The molecule has 0 bridgehead atoms. The first-order valence-electron chi connectivity index (χ1n) is 5.80. The Kier molecular flexibility index (Phi) is 4.83. The molecule has 0 aromatic heterocycles. The summed E-state index contributed by atoms with van der Waals surface area (Å²) in [6.07, 6.45) is 6.99. The van der Waals surface area contributed by atoms with Crippen molar-refractivity contribution < 1.29 is 14.7 Å². The molecule has 94 valence electrons. The maximum absolute atomic E-state index is 11.8.